The van der Waals surface area contributed by atoms with E-state index in [0.29, 0.717) is 0 Å². The molecule has 0 unspecified atom stereocenters. The number of sulfonamides is 1. The Bertz CT molecular complexity index is 811. The third-order valence-electron chi connectivity index (χ3n) is 4.34. The third kappa shape index (κ3) is 4.64. The number of hydrogen-bond donors (Lipinski definition) is 1. The maximum atomic E-state index is 13.0. The van der Waals surface area contributed by atoms with Crippen LogP contribution >= 0.6 is 0 Å². The molecular weight excluding hydrogens is 374 g/mol. The minimum Gasteiger partial charge on any atom is -0.467 e. The number of benzene rings is 1. The van der Waals surface area contributed by atoms with Crippen molar-refractivity contribution in [2.24, 2.45) is 0 Å². The van der Waals surface area contributed by atoms with Crippen LogP contribution in [0.15, 0.2) is 35.2 Å². The van der Waals surface area contributed by atoms with E-state index in [2.05, 4.69) is 10.1 Å². The van der Waals surface area contributed by atoms with E-state index < -0.39 is 34.0 Å². The number of amides is 2. The summed E-state index contributed by atoms with van der Waals surface area (Å²) in [5, 5.41) is 2.46. The van der Waals surface area contributed by atoms with E-state index in [1.54, 1.807) is 18.2 Å². The Balaban J connectivity index is 2.32. The average molecular weight is 397 g/mol. The van der Waals surface area contributed by atoms with Gasteiger partial charge in [-0.05, 0) is 19.1 Å². The number of rotatable bonds is 5. The maximum absolute atomic E-state index is 13.0. The molecule has 0 aliphatic carbocycles. The molecule has 1 N–H and O–H groups in total. The predicted octanol–water partition coefficient (Wildman–Crippen LogP) is -0.414. The molecule has 27 heavy (non-hydrogen) atoms. The summed E-state index contributed by atoms with van der Waals surface area (Å²) in [4.78, 5) is 37.5. The zero-order valence-corrected chi connectivity index (χ0v) is 16.2. The summed E-state index contributed by atoms with van der Waals surface area (Å²) in [5.74, 6) is -1.58. The van der Waals surface area contributed by atoms with Gasteiger partial charge in [0.2, 0.25) is 21.8 Å². The molecule has 1 heterocycles. The Hall–Kier alpha value is -2.46. The molecule has 0 bridgehead atoms. The lowest BCUT2D eigenvalue weighted by atomic mass is 10.2. The first-order valence-electron chi connectivity index (χ1n) is 8.39. The molecule has 1 saturated heterocycles. The molecule has 1 aromatic carbocycles. The second-order valence-electron chi connectivity index (χ2n) is 6.16. The molecule has 1 aliphatic rings. The Morgan fingerprint density at radius 1 is 1.19 bits per heavy atom. The highest BCUT2D eigenvalue weighted by Crippen LogP contribution is 2.22. The molecule has 0 saturated carbocycles. The van der Waals surface area contributed by atoms with Crippen molar-refractivity contribution in [1.29, 1.82) is 0 Å². The molecule has 1 fully saturated rings. The summed E-state index contributed by atoms with van der Waals surface area (Å²) in [5.41, 5.74) is 0. The molecule has 0 radical (unpaired) electrons. The van der Waals surface area contributed by atoms with Gasteiger partial charge in [-0.3, -0.25) is 9.59 Å². The van der Waals surface area contributed by atoms with Crippen LogP contribution in [-0.2, 0) is 29.1 Å². The van der Waals surface area contributed by atoms with Gasteiger partial charge >= 0.3 is 5.97 Å². The molecule has 9 nitrogen and oxygen atoms in total. The number of carbonyl (C=O) groups excluding carboxylic acids is 3. The molecule has 2 atom stereocenters. The zero-order chi connectivity index (χ0) is 20.2. The van der Waals surface area contributed by atoms with Gasteiger partial charge in [0.25, 0.3) is 0 Å². The molecular formula is C17H23N3O6S. The average Bonchev–Trinajstić information content (AvgIpc) is 2.67. The lowest BCUT2D eigenvalue weighted by Crippen LogP contribution is -2.62. The number of esters is 1. The van der Waals surface area contributed by atoms with Crippen LogP contribution in [0.2, 0.25) is 0 Å². The molecule has 148 valence electrons. The highest BCUT2D eigenvalue weighted by molar-refractivity contribution is 7.89. The molecule has 2 rings (SSSR count). The summed E-state index contributed by atoms with van der Waals surface area (Å²) >= 11 is 0. The van der Waals surface area contributed by atoms with E-state index in [0.717, 1.165) is 4.31 Å². The van der Waals surface area contributed by atoms with Crippen molar-refractivity contribution >= 4 is 27.8 Å². The number of nitrogens with one attached hydrogen (secondary N) is 1. The number of carbonyl (C=O) groups is 3. The number of ether oxygens (including phenoxy) is 1. The topological polar surface area (TPSA) is 113 Å². The quantitative estimate of drug-likeness (QED) is 0.676. The molecule has 2 amide bonds. The van der Waals surface area contributed by atoms with Crippen molar-refractivity contribution in [3.63, 3.8) is 0 Å². The van der Waals surface area contributed by atoms with Gasteiger partial charge in [0, 0.05) is 26.6 Å². The molecule has 1 aliphatic heterocycles. The fraction of sp³-hybridized carbons (Fsp3) is 0.471. The van der Waals surface area contributed by atoms with Crippen molar-refractivity contribution in [2.75, 3.05) is 26.7 Å². The first kappa shape index (κ1) is 20.8. The largest absolute Gasteiger partial charge is 0.467 e. The summed E-state index contributed by atoms with van der Waals surface area (Å²) < 4.78 is 31.7. The Morgan fingerprint density at radius 2 is 1.81 bits per heavy atom. The van der Waals surface area contributed by atoms with Crippen LogP contribution < -0.4 is 5.32 Å². The first-order chi connectivity index (χ1) is 12.7. The Labute approximate surface area is 158 Å². The Morgan fingerprint density at radius 3 is 2.37 bits per heavy atom. The Kier molecular flexibility index (Phi) is 6.55. The van der Waals surface area contributed by atoms with E-state index in [9.17, 15) is 22.8 Å². The first-order valence-corrected chi connectivity index (χ1v) is 9.83. The van der Waals surface area contributed by atoms with Gasteiger partial charge in [-0.25, -0.2) is 13.2 Å². The van der Waals surface area contributed by atoms with E-state index in [1.165, 1.54) is 38.0 Å². The van der Waals surface area contributed by atoms with Gasteiger partial charge in [-0.1, -0.05) is 18.2 Å². The normalized spacial score (nSPS) is 19.2. The third-order valence-corrected chi connectivity index (χ3v) is 6.26. The summed E-state index contributed by atoms with van der Waals surface area (Å²) in [6.45, 7) is 2.85. The van der Waals surface area contributed by atoms with Crippen LogP contribution in [-0.4, -0.2) is 74.2 Å². The van der Waals surface area contributed by atoms with Crippen LogP contribution in [0.4, 0.5) is 0 Å². The number of methoxy groups -OCH3 is 1. The van der Waals surface area contributed by atoms with Crippen molar-refractivity contribution in [2.45, 2.75) is 30.8 Å². The van der Waals surface area contributed by atoms with E-state index in [-0.39, 0.29) is 30.4 Å². The lowest BCUT2D eigenvalue weighted by molar-refractivity contribution is -0.145. The second-order valence-corrected chi connectivity index (χ2v) is 8.05. The SMILES string of the molecule is COC(=O)[C@@H](C)NC(=O)[C@@H]1CN(C(C)=O)CCN1S(=O)(=O)c1ccccc1. The van der Waals surface area contributed by atoms with Crippen LogP contribution in [0.5, 0.6) is 0 Å². The van der Waals surface area contributed by atoms with Gasteiger partial charge in [-0.15, -0.1) is 0 Å². The fourth-order valence-electron chi connectivity index (χ4n) is 2.83. The number of nitrogens with zero attached hydrogens (tertiary/aromatic N) is 2. The van der Waals surface area contributed by atoms with Gasteiger partial charge < -0.3 is 15.0 Å². The van der Waals surface area contributed by atoms with Crippen molar-refractivity contribution < 1.29 is 27.5 Å². The summed E-state index contributed by atoms with van der Waals surface area (Å²) in [7, 11) is -2.76. The minimum atomic E-state index is -3.95. The predicted molar refractivity (Wildman–Crippen MR) is 96.0 cm³/mol. The van der Waals surface area contributed by atoms with Crippen LogP contribution in [0.1, 0.15) is 13.8 Å². The van der Waals surface area contributed by atoms with Gasteiger partial charge in [0.15, 0.2) is 0 Å². The smallest absolute Gasteiger partial charge is 0.328 e. The summed E-state index contributed by atoms with van der Waals surface area (Å²) in [6.07, 6.45) is 0. The lowest BCUT2D eigenvalue weighted by Gasteiger charge is -2.39. The minimum absolute atomic E-state index is 0.0263. The standard InChI is InChI=1S/C17H23N3O6S/c1-12(17(23)26-3)18-16(22)15-11-19(13(2)21)9-10-20(15)27(24,25)14-7-5-4-6-8-14/h4-8,12,15H,9-11H2,1-3H3,(H,18,22)/t12-,15+/m1/s1. The van der Waals surface area contributed by atoms with Crippen LogP contribution in [0.3, 0.4) is 0 Å². The molecule has 1 aromatic rings. The summed E-state index contributed by atoms with van der Waals surface area (Å²) in [6, 6.07) is 5.66. The second kappa shape index (κ2) is 8.49. The number of hydrogen-bond acceptors (Lipinski definition) is 6. The van der Waals surface area contributed by atoms with Crippen molar-refractivity contribution in [3.8, 4) is 0 Å². The highest BCUT2D eigenvalue weighted by Gasteiger charge is 2.41. The molecule has 0 spiro atoms. The van der Waals surface area contributed by atoms with E-state index >= 15 is 0 Å². The van der Waals surface area contributed by atoms with Crippen molar-refractivity contribution in [1.82, 2.24) is 14.5 Å². The maximum Gasteiger partial charge on any atom is 0.328 e. The molecule has 10 heteroatoms. The molecule has 0 aromatic heterocycles. The monoisotopic (exact) mass is 397 g/mol. The van der Waals surface area contributed by atoms with E-state index in [4.69, 9.17) is 0 Å². The highest BCUT2D eigenvalue weighted by atomic mass is 32.2. The van der Waals surface area contributed by atoms with Gasteiger partial charge in [0.05, 0.1) is 12.0 Å². The van der Waals surface area contributed by atoms with Gasteiger partial charge in [-0.2, -0.15) is 4.31 Å². The van der Waals surface area contributed by atoms with E-state index in [1.807, 2.05) is 0 Å². The van der Waals surface area contributed by atoms with Crippen LogP contribution in [0, 0.1) is 0 Å². The zero-order valence-electron chi connectivity index (χ0n) is 15.4. The number of piperazine rings is 1. The van der Waals surface area contributed by atoms with Crippen molar-refractivity contribution in [3.05, 3.63) is 30.3 Å². The van der Waals surface area contributed by atoms with Crippen LogP contribution in [0.25, 0.3) is 0 Å². The fourth-order valence-corrected chi connectivity index (χ4v) is 4.42. The van der Waals surface area contributed by atoms with Gasteiger partial charge in [0.1, 0.15) is 12.1 Å².